The van der Waals surface area contributed by atoms with Crippen molar-refractivity contribution in [1.82, 2.24) is 9.80 Å². The molecule has 2 aromatic rings. The lowest BCUT2D eigenvalue weighted by Crippen LogP contribution is -2.50. The summed E-state index contributed by atoms with van der Waals surface area (Å²) in [5.41, 5.74) is 3.68. The van der Waals surface area contributed by atoms with Crippen LogP contribution in [0.25, 0.3) is 6.08 Å². The molecule has 30 heavy (non-hydrogen) atoms. The Hall–Kier alpha value is -2.34. The predicted octanol–water partition coefficient (Wildman–Crippen LogP) is 4.41. The molecule has 0 bridgehead atoms. The van der Waals surface area contributed by atoms with Crippen LogP contribution in [0.15, 0.2) is 42.5 Å². The molecular weight excluding hydrogens is 421 g/mol. The normalized spacial score (nSPS) is 14.9. The average molecular weight is 446 g/mol. The summed E-state index contributed by atoms with van der Waals surface area (Å²) in [6.07, 6.45) is 3.20. The fraction of sp³-hybridized carbons (Fsp3) is 0.304. The summed E-state index contributed by atoms with van der Waals surface area (Å²) in [6.45, 7) is 6.72. The first-order chi connectivity index (χ1) is 14.3. The number of carbonyl (C=O) groups is 2. The second-order valence-electron chi connectivity index (χ2n) is 7.39. The zero-order valence-electron chi connectivity index (χ0n) is 17.1. The Balaban J connectivity index is 1.49. The van der Waals surface area contributed by atoms with Gasteiger partial charge in [-0.1, -0.05) is 53.5 Å². The monoisotopic (exact) mass is 445 g/mol. The number of anilines is 1. The maximum atomic E-state index is 12.5. The molecule has 1 aliphatic rings. The SMILES string of the molecule is Cc1cccc(C)c1NC(=O)CN1CCN(C(=O)/C=C/c2cccc(Cl)c2Cl)CC1. The van der Waals surface area contributed by atoms with Crippen molar-refractivity contribution >= 4 is 46.8 Å². The van der Waals surface area contributed by atoms with Crippen molar-refractivity contribution in [3.8, 4) is 0 Å². The van der Waals surface area contributed by atoms with Gasteiger partial charge in [0.15, 0.2) is 0 Å². The van der Waals surface area contributed by atoms with Crippen molar-refractivity contribution in [3.63, 3.8) is 0 Å². The lowest BCUT2D eigenvalue weighted by Gasteiger charge is -2.33. The van der Waals surface area contributed by atoms with E-state index < -0.39 is 0 Å². The number of amides is 2. The Labute approximate surface area is 187 Å². The molecule has 3 rings (SSSR count). The number of nitrogens with one attached hydrogen (secondary N) is 1. The summed E-state index contributed by atoms with van der Waals surface area (Å²) in [6, 6.07) is 11.3. The van der Waals surface area contributed by atoms with Crippen molar-refractivity contribution in [2.24, 2.45) is 0 Å². The van der Waals surface area contributed by atoms with E-state index in [1.807, 2.05) is 38.1 Å². The zero-order valence-corrected chi connectivity index (χ0v) is 18.6. The number of halogens is 2. The smallest absolute Gasteiger partial charge is 0.246 e. The van der Waals surface area contributed by atoms with E-state index in [4.69, 9.17) is 23.2 Å². The number of hydrogen-bond acceptors (Lipinski definition) is 3. The number of hydrogen-bond donors (Lipinski definition) is 1. The Bertz CT molecular complexity index is 947. The summed E-state index contributed by atoms with van der Waals surface area (Å²) >= 11 is 12.2. The van der Waals surface area contributed by atoms with Crippen LogP contribution >= 0.6 is 23.2 Å². The molecule has 7 heteroatoms. The molecule has 1 heterocycles. The maximum absolute atomic E-state index is 12.5. The van der Waals surface area contributed by atoms with Crippen LogP contribution in [0.5, 0.6) is 0 Å². The van der Waals surface area contributed by atoms with E-state index in [-0.39, 0.29) is 11.8 Å². The third kappa shape index (κ3) is 5.63. The molecule has 0 saturated carbocycles. The van der Waals surface area contributed by atoms with E-state index in [0.717, 1.165) is 16.8 Å². The lowest BCUT2D eigenvalue weighted by atomic mass is 10.1. The molecule has 1 N–H and O–H groups in total. The van der Waals surface area contributed by atoms with Crippen LogP contribution in [0.2, 0.25) is 10.0 Å². The molecular formula is C23H25Cl2N3O2. The third-order valence-corrected chi connectivity index (χ3v) is 6.02. The largest absolute Gasteiger partial charge is 0.337 e. The summed E-state index contributed by atoms with van der Waals surface area (Å²) in [5, 5.41) is 3.90. The highest BCUT2D eigenvalue weighted by molar-refractivity contribution is 6.42. The molecule has 2 amide bonds. The minimum atomic E-state index is -0.0781. The van der Waals surface area contributed by atoms with Gasteiger partial charge in [0.05, 0.1) is 16.6 Å². The Morgan fingerprint density at radius 3 is 2.30 bits per heavy atom. The molecule has 158 valence electrons. The predicted molar refractivity (Wildman–Crippen MR) is 123 cm³/mol. The summed E-state index contributed by atoms with van der Waals surface area (Å²) in [5.74, 6) is -0.117. The molecule has 0 aromatic heterocycles. The van der Waals surface area contributed by atoms with E-state index in [2.05, 4.69) is 10.2 Å². The first kappa shape index (κ1) is 22.3. The number of nitrogens with zero attached hydrogens (tertiary/aromatic N) is 2. The quantitative estimate of drug-likeness (QED) is 0.693. The van der Waals surface area contributed by atoms with Crippen LogP contribution in [0.3, 0.4) is 0 Å². The molecule has 1 saturated heterocycles. The van der Waals surface area contributed by atoms with Gasteiger partial charge in [0.25, 0.3) is 0 Å². The van der Waals surface area contributed by atoms with Crippen molar-refractivity contribution < 1.29 is 9.59 Å². The highest BCUT2D eigenvalue weighted by Crippen LogP contribution is 2.26. The number of carbonyl (C=O) groups excluding carboxylic acids is 2. The van der Waals surface area contributed by atoms with Crippen molar-refractivity contribution in [3.05, 3.63) is 69.2 Å². The number of aryl methyl sites for hydroxylation is 2. The first-order valence-corrected chi connectivity index (χ1v) is 10.6. The zero-order chi connectivity index (χ0) is 21.7. The van der Waals surface area contributed by atoms with Crippen LogP contribution in [-0.2, 0) is 9.59 Å². The van der Waals surface area contributed by atoms with Crippen LogP contribution < -0.4 is 5.32 Å². The van der Waals surface area contributed by atoms with Gasteiger partial charge in [0.2, 0.25) is 11.8 Å². The van der Waals surface area contributed by atoms with E-state index in [1.165, 1.54) is 6.08 Å². The molecule has 0 radical (unpaired) electrons. The van der Waals surface area contributed by atoms with Gasteiger partial charge in [-0.05, 0) is 42.7 Å². The summed E-state index contributed by atoms with van der Waals surface area (Å²) in [7, 11) is 0. The highest BCUT2D eigenvalue weighted by atomic mass is 35.5. The Kier molecular flexibility index (Phi) is 7.53. The number of piperazine rings is 1. The maximum Gasteiger partial charge on any atom is 0.246 e. The number of para-hydroxylation sites is 1. The van der Waals surface area contributed by atoms with Gasteiger partial charge in [-0.25, -0.2) is 0 Å². The van der Waals surface area contributed by atoms with Gasteiger partial charge in [-0.3, -0.25) is 14.5 Å². The van der Waals surface area contributed by atoms with Crippen molar-refractivity contribution in [2.75, 3.05) is 38.0 Å². The molecule has 0 unspecified atom stereocenters. The van der Waals surface area contributed by atoms with Gasteiger partial charge in [0.1, 0.15) is 0 Å². The van der Waals surface area contributed by atoms with Gasteiger partial charge in [0, 0.05) is 37.9 Å². The summed E-state index contributed by atoms with van der Waals surface area (Å²) < 4.78 is 0. The number of rotatable bonds is 5. The van der Waals surface area contributed by atoms with Crippen LogP contribution in [0.1, 0.15) is 16.7 Å². The van der Waals surface area contributed by atoms with Gasteiger partial charge in [-0.15, -0.1) is 0 Å². The Morgan fingerprint density at radius 1 is 1.00 bits per heavy atom. The second kappa shape index (κ2) is 10.1. The molecule has 1 aliphatic heterocycles. The van der Waals surface area contributed by atoms with Gasteiger partial charge < -0.3 is 10.2 Å². The third-order valence-electron chi connectivity index (χ3n) is 5.18. The minimum absolute atomic E-state index is 0.0392. The molecule has 2 aromatic carbocycles. The molecule has 0 spiro atoms. The lowest BCUT2D eigenvalue weighted by molar-refractivity contribution is -0.127. The van der Waals surface area contributed by atoms with E-state index in [1.54, 1.807) is 23.1 Å². The topological polar surface area (TPSA) is 52.7 Å². The molecule has 0 atom stereocenters. The van der Waals surface area contributed by atoms with Crippen molar-refractivity contribution in [1.29, 1.82) is 0 Å². The van der Waals surface area contributed by atoms with Crippen LogP contribution in [0.4, 0.5) is 5.69 Å². The van der Waals surface area contributed by atoms with Gasteiger partial charge in [-0.2, -0.15) is 0 Å². The fourth-order valence-electron chi connectivity index (χ4n) is 3.44. The summed E-state index contributed by atoms with van der Waals surface area (Å²) in [4.78, 5) is 28.8. The van der Waals surface area contributed by atoms with E-state index in [0.29, 0.717) is 48.3 Å². The number of benzene rings is 2. The first-order valence-electron chi connectivity index (χ1n) is 9.84. The molecule has 5 nitrogen and oxygen atoms in total. The Morgan fingerprint density at radius 2 is 1.63 bits per heavy atom. The van der Waals surface area contributed by atoms with Crippen LogP contribution in [-0.4, -0.2) is 54.3 Å². The fourth-order valence-corrected chi connectivity index (χ4v) is 3.81. The van der Waals surface area contributed by atoms with E-state index in [9.17, 15) is 9.59 Å². The van der Waals surface area contributed by atoms with Crippen LogP contribution in [0, 0.1) is 13.8 Å². The highest BCUT2D eigenvalue weighted by Gasteiger charge is 2.21. The van der Waals surface area contributed by atoms with Gasteiger partial charge >= 0.3 is 0 Å². The standard InChI is InChI=1S/C23H25Cl2N3O2/c1-16-5-3-6-17(2)23(16)26-20(29)15-27-11-13-28(14-12-27)21(30)10-9-18-7-4-8-19(24)22(18)25/h3-10H,11-15H2,1-2H3,(H,26,29)/b10-9+. The minimum Gasteiger partial charge on any atom is -0.337 e. The van der Waals surface area contributed by atoms with Crippen molar-refractivity contribution in [2.45, 2.75) is 13.8 Å². The second-order valence-corrected chi connectivity index (χ2v) is 8.18. The van der Waals surface area contributed by atoms with E-state index >= 15 is 0 Å². The average Bonchev–Trinajstić information content (AvgIpc) is 2.72. The molecule has 0 aliphatic carbocycles. The molecule has 1 fully saturated rings.